The Labute approximate surface area is 111 Å². The molecule has 1 aromatic rings. The summed E-state index contributed by atoms with van der Waals surface area (Å²) in [5, 5.41) is 18.4. The number of hydrogen-bond acceptors (Lipinski definition) is 4. The predicted octanol–water partition coefficient (Wildman–Crippen LogP) is 0.765. The van der Waals surface area contributed by atoms with E-state index in [1.165, 1.54) is 0 Å². The second-order valence-electron chi connectivity index (χ2n) is 3.46. The molecule has 0 saturated heterocycles. The molecular weight excluding hydrogens is 260 g/mol. The number of halogens is 1. The van der Waals surface area contributed by atoms with E-state index in [4.69, 9.17) is 39.8 Å². The van der Waals surface area contributed by atoms with Crippen molar-refractivity contribution in [3.63, 3.8) is 0 Å². The number of nitrogens with zero attached hydrogens (tertiary/aromatic N) is 1. The highest BCUT2D eigenvalue weighted by Crippen LogP contribution is 2.26. The molecule has 0 fully saturated rings. The first kappa shape index (κ1) is 14.2. The first-order valence-corrected chi connectivity index (χ1v) is 5.94. The molecular formula is C11H15ClN2O2S. The Morgan fingerprint density at radius 2 is 1.88 bits per heavy atom. The minimum Gasteiger partial charge on any atom is -0.395 e. The third kappa shape index (κ3) is 3.81. The van der Waals surface area contributed by atoms with Gasteiger partial charge in [0.25, 0.3) is 0 Å². The van der Waals surface area contributed by atoms with Crippen LogP contribution in [0.3, 0.4) is 0 Å². The summed E-state index contributed by atoms with van der Waals surface area (Å²) in [4.78, 5) is 2.08. The molecule has 17 heavy (non-hydrogen) atoms. The maximum absolute atomic E-state index is 8.95. The Bertz CT molecular complexity index is 395. The van der Waals surface area contributed by atoms with Crippen LogP contribution in [0.2, 0.25) is 5.02 Å². The summed E-state index contributed by atoms with van der Waals surface area (Å²) in [6.07, 6.45) is 0. The highest BCUT2D eigenvalue weighted by atomic mass is 35.5. The normalized spacial score (nSPS) is 10.3. The number of benzene rings is 1. The van der Waals surface area contributed by atoms with Crippen molar-refractivity contribution in [3.05, 3.63) is 28.8 Å². The zero-order chi connectivity index (χ0) is 12.8. The Balaban J connectivity index is 2.99. The van der Waals surface area contributed by atoms with Crippen molar-refractivity contribution in [2.45, 2.75) is 0 Å². The summed E-state index contributed by atoms with van der Waals surface area (Å²) in [6, 6.07) is 5.23. The van der Waals surface area contributed by atoms with Crippen LogP contribution in [-0.4, -0.2) is 41.5 Å². The van der Waals surface area contributed by atoms with E-state index in [0.29, 0.717) is 23.7 Å². The van der Waals surface area contributed by atoms with E-state index in [1.54, 1.807) is 23.1 Å². The molecule has 0 radical (unpaired) electrons. The highest BCUT2D eigenvalue weighted by Gasteiger charge is 2.10. The molecule has 0 bridgehead atoms. The number of aliphatic hydroxyl groups is 2. The summed E-state index contributed by atoms with van der Waals surface area (Å²) in [5.41, 5.74) is 6.95. The molecule has 0 unspecified atom stereocenters. The van der Waals surface area contributed by atoms with Crippen LogP contribution in [0, 0.1) is 0 Å². The first-order valence-electron chi connectivity index (χ1n) is 5.16. The lowest BCUT2D eigenvalue weighted by Gasteiger charge is -2.24. The van der Waals surface area contributed by atoms with Gasteiger partial charge in [0.05, 0.1) is 23.9 Å². The molecule has 0 saturated carbocycles. The fraction of sp³-hybridized carbons (Fsp3) is 0.364. The minimum absolute atomic E-state index is 0.00657. The summed E-state index contributed by atoms with van der Waals surface area (Å²) < 4.78 is 0. The fourth-order valence-corrected chi connectivity index (χ4v) is 1.94. The molecule has 94 valence electrons. The monoisotopic (exact) mass is 274 g/mol. The SMILES string of the molecule is NC(=S)c1ccc(N(CCO)CCO)c(Cl)c1. The first-order chi connectivity index (χ1) is 8.10. The van der Waals surface area contributed by atoms with Gasteiger partial charge in [-0.3, -0.25) is 0 Å². The van der Waals surface area contributed by atoms with E-state index >= 15 is 0 Å². The molecule has 0 heterocycles. The molecule has 4 nitrogen and oxygen atoms in total. The van der Waals surface area contributed by atoms with E-state index in [1.807, 2.05) is 0 Å². The van der Waals surface area contributed by atoms with Gasteiger partial charge in [-0.1, -0.05) is 23.8 Å². The number of thiocarbonyl (C=S) groups is 1. The number of hydrogen-bond donors (Lipinski definition) is 3. The molecule has 6 heteroatoms. The van der Waals surface area contributed by atoms with Gasteiger partial charge >= 0.3 is 0 Å². The van der Waals surface area contributed by atoms with Gasteiger partial charge in [0.1, 0.15) is 4.99 Å². The molecule has 0 aromatic heterocycles. The number of rotatable bonds is 6. The topological polar surface area (TPSA) is 69.7 Å². The number of anilines is 1. The largest absolute Gasteiger partial charge is 0.395 e. The van der Waals surface area contributed by atoms with Crippen LogP contribution in [0.4, 0.5) is 5.69 Å². The molecule has 0 spiro atoms. The van der Waals surface area contributed by atoms with E-state index in [0.717, 1.165) is 5.69 Å². The van der Waals surface area contributed by atoms with E-state index in [-0.39, 0.29) is 18.2 Å². The molecule has 1 rings (SSSR count). The molecule has 4 N–H and O–H groups in total. The Hall–Kier alpha value is -0.880. The molecule has 0 aliphatic carbocycles. The van der Waals surface area contributed by atoms with Crippen LogP contribution in [0.25, 0.3) is 0 Å². The highest BCUT2D eigenvalue weighted by molar-refractivity contribution is 7.80. The van der Waals surface area contributed by atoms with Crippen molar-refractivity contribution in [3.8, 4) is 0 Å². The minimum atomic E-state index is -0.00657. The smallest absolute Gasteiger partial charge is 0.104 e. The van der Waals surface area contributed by atoms with Crippen molar-refractivity contribution in [2.75, 3.05) is 31.2 Å². The van der Waals surface area contributed by atoms with Crippen LogP contribution in [0.15, 0.2) is 18.2 Å². The van der Waals surface area contributed by atoms with Gasteiger partial charge in [0.15, 0.2) is 0 Å². The van der Waals surface area contributed by atoms with Gasteiger partial charge in [0.2, 0.25) is 0 Å². The van der Waals surface area contributed by atoms with Gasteiger partial charge in [-0.25, -0.2) is 0 Å². The average Bonchev–Trinajstić information content (AvgIpc) is 2.28. The molecule has 0 aliphatic rings. The quantitative estimate of drug-likeness (QED) is 0.669. The van der Waals surface area contributed by atoms with E-state index in [9.17, 15) is 0 Å². The molecule has 0 atom stereocenters. The average molecular weight is 275 g/mol. The van der Waals surface area contributed by atoms with Crippen molar-refractivity contribution in [1.82, 2.24) is 0 Å². The van der Waals surface area contributed by atoms with Gasteiger partial charge in [0, 0.05) is 18.7 Å². The Kier molecular flexibility index (Phi) is 5.64. The maximum Gasteiger partial charge on any atom is 0.104 e. The van der Waals surface area contributed by atoms with Crippen molar-refractivity contribution in [1.29, 1.82) is 0 Å². The van der Waals surface area contributed by atoms with Crippen molar-refractivity contribution >= 4 is 34.5 Å². The lowest BCUT2D eigenvalue weighted by Crippen LogP contribution is -2.30. The summed E-state index contributed by atoms with van der Waals surface area (Å²) in [5.74, 6) is 0. The van der Waals surface area contributed by atoms with Gasteiger partial charge in [-0.2, -0.15) is 0 Å². The second-order valence-corrected chi connectivity index (χ2v) is 4.31. The fourth-order valence-electron chi connectivity index (χ4n) is 1.51. The van der Waals surface area contributed by atoms with Crippen LogP contribution in [-0.2, 0) is 0 Å². The van der Waals surface area contributed by atoms with E-state index in [2.05, 4.69) is 0 Å². The molecule has 0 aliphatic heterocycles. The van der Waals surface area contributed by atoms with Gasteiger partial charge in [-0.15, -0.1) is 0 Å². The summed E-state index contributed by atoms with van der Waals surface area (Å²) >= 11 is 11.0. The second kappa shape index (κ2) is 6.76. The predicted molar refractivity (Wildman–Crippen MR) is 73.7 cm³/mol. The number of aliphatic hydroxyl groups excluding tert-OH is 2. The van der Waals surface area contributed by atoms with Gasteiger partial charge in [-0.05, 0) is 18.2 Å². The Morgan fingerprint density at radius 1 is 1.29 bits per heavy atom. The Morgan fingerprint density at radius 3 is 2.29 bits per heavy atom. The lowest BCUT2D eigenvalue weighted by molar-refractivity contribution is 0.281. The number of nitrogens with two attached hydrogens (primary N) is 1. The molecule has 1 aromatic carbocycles. The lowest BCUT2D eigenvalue weighted by atomic mass is 10.2. The van der Waals surface area contributed by atoms with Crippen molar-refractivity contribution < 1.29 is 10.2 Å². The van der Waals surface area contributed by atoms with Crippen LogP contribution >= 0.6 is 23.8 Å². The van der Waals surface area contributed by atoms with Crippen molar-refractivity contribution in [2.24, 2.45) is 5.73 Å². The zero-order valence-corrected chi connectivity index (χ0v) is 10.8. The van der Waals surface area contributed by atoms with Crippen LogP contribution < -0.4 is 10.6 Å². The summed E-state index contributed by atoms with van der Waals surface area (Å²) in [6.45, 7) is 0.806. The third-order valence-electron chi connectivity index (χ3n) is 2.31. The van der Waals surface area contributed by atoms with Crippen LogP contribution in [0.5, 0.6) is 0 Å². The standard InChI is InChI=1S/C11H15ClN2O2S/c12-9-7-8(11(13)17)1-2-10(9)14(3-5-15)4-6-16/h1-2,7,15-16H,3-6H2,(H2,13,17). The zero-order valence-electron chi connectivity index (χ0n) is 9.27. The van der Waals surface area contributed by atoms with Crippen LogP contribution in [0.1, 0.15) is 5.56 Å². The third-order valence-corrected chi connectivity index (χ3v) is 2.85. The van der Waals surface area contributed by atoms with E-state index < -0.39 is 0 Å². The maximum atomic E-state index is 8.95. The van der Waals surface area contributed by atoms with Gasteiger partial charge < -0.3 is 20.8 Å². The summed E-state index contributed by atoms with van der Waals surface area (Å²) in [7, 11) is 0. The molecule has 0 amide bonds.